The lowest BCUT2D eigenvalue weighted by molar-refractivity contribution is 0.0318. The molecule has 0 saturated carbocycles. The second-order valence-electron chi connectivity index (χ2n) is 5.53. The summed E-state index contributed by atoms with van der Waals surface area (Å²) in [6, 6.07) is 1.95. The quantitative estimate of drug-likeness (QED) is 0.848. The third kappa shape index (κ3) is 2.87. The minimum absolute atomic E-state index is 0.0799. The van der Waals surface area contributed by atoms with E-state index in [9.17, 15) is 0 Å². The number of aromatic nitrogens is 5. The first-order chi connectivity index (χ1) is 10.1. The van der Waals surface area contributed by atoms with Crippen molar-refractivity contribution in [3.05, 3.63) is 30.2 Å². The minimum atomic E-state index is -0.0799. The van der Waals surface area contributed by atoms with E-state index in [4.69, 9.17) is 4.74 Å². The van der Waals surface area contributed by atoms with E-state index in [1.54, 1.807) is 6.33 Å². The minimum Gasteiger partial charge on any atom is -0.366 e. The van der Waals surface area contributed by atoms with Gasteiger partial charge in [-0.15, -0.1) is 10.2 Å². The molecule has 3 rings (SSSR count). The standard InChI is InChI=1S/C14H20N6O/c1-10(2)13-15-5-4-12(17-13)20-6-7-21-11(8-20)14-18-16-9-19(14)3/h4-5,9-11H,6-8H2,1-3H3/t11-/m1/s1. The van der Waals surface area contributed by atoms with Crippen LogP contribution in [0.4, 0.5) is 5.82 Å². The summed E-state index contributed by atoms with van der Waals surface area (Å²) in [5.74, 6) is 2.98. The molecule has 0 aliphatic carbocycles. The summed E-state index contributed by atoms with van der Waals surface area (Å²) in [5, 5.41) is 8.06. The first-order valence-corrected chi connectivity index (χ1v) is 7.18. The molecule has 7 heteroatoms. The van der Waals surface area contributed by atoms with Crippen LogP contribution >= 0.6 is 0 Å². The molecular formula is C14H20N6O. The van der Waals surface area contributed by atoms with Gasteiger partial charge in [0.1, 0.15) is 24.1 Å². The Hall–Kier alpha value is -2.02. The Labute approximate surface area is 124 Å². The van der Waals surface area contributed by atoms with E-state index in [1.165, 1.54) is 0 Å². The zero-order valence-electron chi connectivity index (χ0n) is 12.6. The Morgan fingerprint density at radius 3 is 2.95 bits per heavy atom. The highest BCUT2D eigenvalue weighted by Gasteiger charge is 2.26. The van der Waals surface area contributed by atoms with Gasteiger partial charge in [0.2, 0.25) is 0 Å². The van der Waals surface area contributed by atoms with Crippen molar-refractivity contribution >= 4 is 5.82 Å². The van der Waals surface area contributed by atoms with Crippen LogP contribution < -0.4 is 4.90 Å². The monoisotopic (exact) mass is 288 g/mol. The molecule has 0 aromatic carbocycles. The van der Waals surface area contributed by atoms with Crippen LogP contribution in [0, 0.1) is 0 Å². The number of morpholine rings is 1. The Morgan fingerprint density at radius 1 is 1.38 bits per heavy atom. The molecule has 0 amide bonds. The van der Waals surface area contributed by atoms with E-state index in [1.807, 2.05) is 23.9 Å². The van der Waals surface area contributed by atoms with E-state index >= 15 is 0 Å². The number of nitrogens with zero attached hydrogens (tertiary/aromatic N) is 6. The summed E-state index contributed by atoms with van der Waals surface area (Å²) in [5.41, 5.74) is 0. The Morgan fingerprint density at radius 2 is 2.24 bits per heavy atom. The highest BCUT2D eigenvalue weighted by Crippen LogP contribution is 2.24. The van der Waals surface area contributed by atoms with Crippen LogP contribution in [-0.4, -0.2) is 44.4 Å². The van der Waals surface area contributed by atoms with Crippen LogP contribution in [0.2, 0.25) is 0 Å². The molecule has 0 spiro atoms. The maximum Gasteiger partial charge on any atom is 0.163 e. The molecular weight excluding hydrogens is 268 g/mol. The number of rotatable bonds is 3. The molecule has 0 N–H and O–H groups in total. The second-order valence-corrected chi connectivity index (χ2v) is 5.53. The van der Waals surface area contributed by atoms with Crippen LogP contribution in [0.15, 0.2) is 18.6 Å². The molecule has 112 valence electrons. The summed E-state index contributed by atoms with van der Waals surface area (Å²) >= 11 is 0. The van der Waals surface area contributed by atoms with Crippen LogP contribution in [0.5, 0.6) is 0 Å². The average molecular weight is 288 g/mol. The maximum atomic E-state index is 5.82. The number of aryl methyl sites for hydroxylation is 1. The van der Waals surface area contributed by atoms with Gasteiger partial charge in [0, 0.05) is 25.7 Å². The lowest BCUT2D eigenvalue weighted by Crippen LogP contribution is -2.39. The second kappa shape index (κ2) is 5.77. The van der Waals surface area contributed by atoms with Gasteiger partial charge in [-0.2, -0.15) is 0 Å². The topological polar surface area (TPSA) is 69.0 Å². The van der Waals surface area contributed by atoms with Gasteiger partial charge in [0.05, 0.1) is 13.2 Å². The smallest absolute Gasteiger partial charge is 0.163 e. The maximum absolute atomic E-state index is 5.82. The fraction of sp³-hybridized carbons (Fsp3) is 0.571. The van der Waals surface area contributed by atoms with Crippen molar-refractivity contribution in [3.8, 4) is 0 Å². The van der Waals surface area contributed by atoms with Crippen molar-refractivity contribution in [1.82, 2.24) is 24.7 Å². The molecule has 0 radical (unpaired) electrons. The van der Waals surface area contributed by atoms with Gasteiger partial charge in [-0.3, -0.25) is 0 Å². The van der Waals surface area contributed by atoms with Crippen LogP contribution in [0.3, 0.4) is 0 Å². The van der Waals surface area contributed by atoms with E-state index in [0.29, 0.717) is 12.5 Å². The first kappa shape index (κ1) is 13.9. The molecule has 0 unspecified atom stereocenters. The SMILES string of the molecule is CC(C)c1nccc(N2CCO[C@@H](c3nncn3C)C2)n1. The largest absolute Gasteiger partial charge is 0.366 e. The van der Waals surface area contributed by atoms with Crippen molar-refractivity contribution < 1.29 is 4.74 Å². The van der Waals surface area contributed by atoms with Crippen LogP contribution in [0.25, 0.3) is 0 Å². The number of hydrogen-bond acceptors (Lipinski definition) is 6. The molecule has 1 aliphatic rings. The van der Waals surface area contributed by atoms with Gasteiger partial charge < -0.3 is 14.2 Å². The zero-order valence-corrected chi connectivity index (χ0v) is 12.6. The predicted molar refractivity (Wildman–Crippen MR) is 78.0 cm³/mol. The molecule has 1 fully saturated rings. The van der Waals surface area contributed by atoms with Gasteiger partial charge in [-0.05, 0) is 6.07 Å². The summed E-state index contributed by atoms with van der Waals surface area (Å²) in [6.07, 6.45) is 3.44. The summed E-state index contributed by atoms with van der Waals surface area (Å²) in [4.78, 5) is 11.2. The average Bonchev–Trinajstić information content (AvgIpc) is 2.94. The fourth-order valence-electron chi connectivity index (χ4n) is 2.42. The van der Waals surface area contributed by atoms with Gasteiger partial charge in [0.15, 0.2) is 5.82 Å². The molecule has 1 saturated heterocycles. The normalized spacial score (nSPS) is 19.2. The Bertz CT molecular complexity index is 611. The molecule has 7 nitrogen and oxygen atoms in total. The highest BCUT2D eigenvalue weighted by atomic mass is 16.5. The zero-order chi connectivity index (χ0) is 14.8. The summed E-state index contributed by atoms with van der Waals surface area (Å²) < 4.78 is 7.72. The van der Waals surface area contributed by atoms with E-state index in [-0.39, 0.29) is 6.10 Å². The fourth-order valence-corrected chi connectivity index (χ4v) is 2.42. The van der Waals surface area contributed by atoms with Crippen molar-refractivity contribution in [2.45, 2.75) is 25.9 Å². The van der Waals surface area contributed by atoms with Crippen molar-refractivity contribution in [2.75, 3.05) is 24.6 Å². The molecule has 1 aliphatic heterocycles. The third-order valence-electron chi connectivity index (χ3n) is 3.60. The number of anilines is 1. The van der Waals surface area contributed by atoms with Gasteiger partial charge in [0.25, 0.3) is 0 Å². The number of hydrogen-bond donors (Lipinski definition) is 0. The lowest BCUT2D eigenvalue weighted by atomic mass is 10.2. The van der Waals surface area contributed by atoms with E-state index in [2.05, 4.69) is 38.9 Å². The van der Waals surface area contributed by atoms with Crippen molar-refractivity contribution in [1.29, 1.82) is 0 Å². The molecule has 1 atom stereocenters. The first-order valence-electron chi connectivity index (χ1n) is 7.18. The molecule has 21 heavy (non-hydrogen) atoms. The number of ether oxygens (including phenoxy) is 1. The van der Waals surface area contributed by atoms with E-state index < -0.39 is 0 Å². The third-order valence-corrected chi connectivity index (χ3v) is 3.60. The summed E-state index contributed by atoms with van der Waals surface area (Å²) in [6.45, 7) is 6.39. The van der Waals surface area contributed by atoms with Crippen molar-refractivity contribution in [3.63, 3.8) is 0 Å². The van der Waals surface area contributed by atoms with Gasteiger partial charge in [-0.1, -0.05) is 13.8 Å². The molecule has 0 bridgehead atoms. The highest BCUT2D eigenvalue weighted by molar-refractivity contribution is 5.38. The van der Waals surface area contributed by atoms with Gasteiger partial charge >= 0.3 is 0 Å². The Kier molecular flexibility index (Phi) is 3.83. The Balaban J connectivity index is 1.80. The lowest BCUT2D eigenvalue weighted by Gasteiger charge is -2.33. The van der Waals surface area contributed by atoms with Crippen LogP contribution in [0.1, 0.15) is 37.5 Å². The molecule has 2 aromatic rings. The summed E-state index contributed by atoms with van der Waals surface area (Å²) in [7, 11) is 1.93. The molecule has 2 aromatic heterocycles. The van der Waals surface area contributed by atoms with E-state index in [0.717, 1.165) is 30.6 Å². The van der Waals surface area contributed by atoms with Crippen LogP contribution in [-0.2, 0) is 11.8 Å². The molecule has 3 heterocycles. The predicted octanol–water partition coefficient (Wildman–Crippen LogP) is 1.31. The van der Waals surface area contributed by atoms with Crippen molar-refractivity contribution in [2.24, 2.45) is 7.05 Å². The van der Waals surface area contributed by atoms with Gasteiger partial charge in [-0.25, -0.2) is 9.97 Å².